The average Bonchev–Trinajstić information content (AvgIpc) is 2.91. The van der Waals surface area contributed by atoms with Crippen LogP contribution in [-0.4, -0.2) is 25.2 Å². The standard InChI is InChI=1S/C17H22F2N2O2/c18-12-6-11-2-1-3-15(17(11)14(19)7-12)21-8-13-4-10(9-23-13)5-16(20)22/h6-7,10,13,15,21H,1-5,8-9H2,(H2,20,22). The van der Waals surface area contributed by atoms with E-state index in [1.807, 2.05) is 0 Å². The molecule has 1 aliphatic heterocycles. The molecule has 1 saturated heterocycles. The first-order valence-corrected chi connectivity index (χ1v) is 8.14. The van der Waals surface area contributed by atoms with Crippen LogP contribution in [0.3, 0.4) is 0 Å². The van der Waals surface area contributed by atoms with Crippen molar-refractivity contribution in [3.63, 3.8) is 0 Å². The summed E-state index contributed by atoms with van der Waals surface area (Å²) in [6.45, 7) is 1.13. The first-order valence-electron chi connectivity index (χ1n) is 8.14. The molecule has 1 fully saturated rings. The highest BCUT2D eigenvalue weighted by molar-refractivity contribution is 5.74. The third-order valence-electron chi connectivity index (χ3n) is 4.71. The molecule has 23 heavy (non-hydrogen) atoms. The van der Waals surface area contributed by atoms with Gasteiger partial charge >= 0.3 is 0 Å². The van der Waals surface area contributed by atoms with Crippen molar-refractivity contribution in [2.75, 3.05) is 13.2 Å². The van der Waals surface area contributed by atoms with Crippen molar-refractivity contribution in [2.24, 2.45) is 11.7 Å². The van der Waals surface area contributed by atoms with Crippen molar-refractivity contribution in [3.8, 4) is 0 Å². The molecule has 0 bridgehead atoms. The molecule has 1 heterocycles. The minimum atomic E-state index is -0.518. The van der Waals surface area contributed by atoms with E-state index in [-0.39, 0.29) is 24.0 Å². The number of amides is 1. The molecule has 1 aromatic rings. The topological polar surface area (TPSA) is 64.4 Å². The van der Waals surface area contributed by atoms with Gasteiger partial charge in [0.25, 0.3) is 0 Å². The van der Waals surface area contributed by atoms with E-state index in [2.05, 4.69) is 5.32 Å². The summed E-state index contributed by atoms with van der Waals surface area (Å²) >= 11 is 0. The Labute approximate surface area is 134 Å². The van der Waals surface area contributed by atoms with Crippen LogP contribution in [0.1, 0.15) is 42.9 Å². The number of hydrogen-bond acceptors (Lipinski definition) is 3. The summed E-state index contributed by atoms with van der Waals surface area (Å²) in [5.74, 6) is -1.13. The van der Waals surface area contributed by atoms with Crippen LogP contribution in [0, 0.1) is 17.6 Å². The van der Waals surface area contributed by atoms with Crippen LogP contribution >= 0.6 is 0 Å². The minimum absolute atomic E-state index is 0.00763. The lowest BCUT2D eigenvalue weighted by Gasteiger charge is -2.28. The van der Waals surface area contributed by atoms with Crippen molar-refractivity contribution < 1.29 is 18.3 Å². The first kappa shape index (κ1) is 16.3. The Hall–Kier alpha value is -1.53. The quantitative estimate of drug-likeness (QED) is 0.873. The zero-order valence-corrected chi connectivity index (χ0v) is 13.0. The maximum absolute atomic E-state index is 14.1. The largest absolute Gasteiger partial charge is 0.377 e. The zero-order valence-electron chi connectivity index (χ0n) is 13.0. The second-order valence-electron chi connectivity index (χ2n) is 6.54. The summed E-state index contributed by atoms with van der Waals surface area (Å²) in [7, 11) is 0. The Bertz CT molecular complexity index is 594. The molecule has 126 valence electrons. The summed E-state index contributed by atoms with van der Waals surface area (Å²) < 4.78 is 33.1. The van der Waals surface area contributed by atoms with E-state index in [1.165, 1.54) is 6.07 Å². The van der Waals surface area contributed by atoms with Gasteiger partial charge in [0.15, 0.2) is 0 Å². The van der Waals surface area contributed by atoms with E-state index in [1.54, 1.807) is 0 Å². The van der Waals surface area contributed by atoms with Gasteiger partial charge in [-0.1, -0.05) is 0 Å². The molecule has 1 aliphatic carbocycles. The van der Waals surface area contributed by atoms with Gasteiger partial charge in [0.2, 0.25) is 5.91 Å². The van der Waals surface area contributed by atoms with E-state index < -0.39 is 11.6 Å². The number of carbonyl (C=O) groups excluding carboxylic acids is 1. The predicted molar refractivity (Wildman–Crippen MR) is 81.7 cm³/mol. The van der Waals surface area contributed by atoms with Gasteiger partial charge in [-0.05, 0) is 43.2 Å². The Balaban J connectivity index is 1.59. The molecule has 3 atom stereocenters. The number of nitrogens with one attached hydrogen (secondary N) is 1. The lowest BCUT2D eigenvalue weighted by Crippen LogP contribution is -2.33. The zero-order chi connectivity index (χ0) is 16.4. The van der Waals surface area contributed by atoms with Crippen LogP contribution < -0.4 is 11.1 Å². The second-order valence-corrected chi connectivity index (χ2v) is 6.54. The molecule has 3 N–H and O–H groups in total. The molecule has 0 saturated carbocycles. The van der Waals surface area contributed by atoms with Crippen molar-refractivity contribution in [3.05, 3.63) is 34.9 Å². The average molecular weight is 324 g/mol. The van der Waals surface area contributed by atoms with Gasteiger partial charge in [-0.2, -0.15) is 0 Å². The number of aryl methyl sites for hydroxylation is 1. The Kier molecular flexibility index (Phi) is 4.92. The number of ether oxygens (including phenoxy) is 1. The van der Waals surface area contributed by atoms with Crippen LogP contribution in [0.4, 0.5) is 8.78 Å². The van der Waals surface area contributed by atoms with Crippen LogP contribution in [0.25, 0.3) is 0 Å². The molecule has 0 spiro atoms. The third-order valence-corrected chi connectivity index (χ3v) is 4.71. The maximum atomic E-state index is 14.1. The van der Waals surface area contributed by atoms with E-state index in [0.717, 1.165) is 30.9 Å². The van der Waals surface area contributed by atoms with Gasteiger partial charge in [-0.15, -0.1) is 0 Å². The molecule has 6 heteroatoms. The lowest BCUT2D eigenvalue weighted by molar-refractivity contribution is -0.118. The minimum Gasteiger partial charge on any atom is -0.377 e. The van der Waals surface area contributed by atoms with Gasteiger partial charge in [0.1, 0.15) is 11.6 Å². The summed E-state index contributed by atoms with van der Waals surface area (Å²) in [4.78, 5) is 10.9. The number of benzene rings is 1. The van der Waals surface area contributed by atoms with Gasteiger partial charge in [-0.3, -0.25) is 4.79 Å². The van der Waals surface area contributed by atoms with E-state index in [4.69, 9.17) is 10.5 Å². The van der Waals surface area contributed by atoms with E-state index >= 15 is 0 Å². The van der Waals surface area contributed by atoms with Gasteiger partial charge in [0.05, 0.1) is 12.7 Å². The molecule has 2 aliphatic rings. The van der Waals surface area contributed by atoms with Gasteiger partial charge in [-0.25, -0.2) is 8.78 Å². The number of nitrogens with two attached hydrogens (primary N) is 1. The first-order chi connectivity index (χ1) is 11.0. The van der Waals surface area contributed by atoms with E-state index in [9.17, 15) is 13.6 Å². The summed E-state index contributed by atoms with van der Waals surface area (Å²) in [6.07, 6.45) is 3.57. The smallest absolute Gasteiger partial charge is 0.217 e. The molecule has 1 amide bonds. The monoisotopic (exact) mass is 324 g/mol. The molecule has 0 radical (unpaired) electrons. The maximum Gasteiger partial charge on any atom is 0.217 e. The fourth-order valence-electron chi connectivity index (χ4n) is 3.70. The fourth-order valence-corrected chi connectivity index (χ4v) is 3.70. The van der Waals surface area contributed by atoms with Gasteiger partial charge in [0, 0.05) is 30.6 Å². The molecule has 0 aromatic heterocycles. The summed E-state index contributed by atoms with van der Waals surface area (Å²) in [5.41, 5.74) is 6.55. The number of rotatable bonds is 5. The SMILES string of the molecule is NC(=O)CC1COC(CNC2CCCc3cc(F)cc(F)c32)C1. The summed E-state index contributed by atoms with van der Waals surface area (Å²) in [6, 6.07) is 2.27. The fraction of sp³-hybridized carbons (Fsp3) is 0.588. The van der Waals surface area contributed by atoms with Crippen molar-refractivity contribution >= 4 is 5.91 Å². The van der Waals surface area contributed by atoms with Gasteiger partial charge < -0.3 is 15.8 Å². The van der Waals surface area contributed by atoms with Crippen LogP contribution in [-0.2, 0) is 16.0 Å². The van der Waals surface area contributed by atoms with Crippen molar-refractivity contribution in [1.82, 2.24) is 5.32 Å². The van der Waals surface area contributed by atoms with E-state index in [0.29, 0.717) is 31.6 Å². The number of halogens is 2. The number of carbonyl (C=O) groups is 1. The van der Waals surface area contributed by atoms with Crippen LogP contribution in [0.5, 0.6) is 0 Å². The van der Waals surface area contributed by atoms with Crippen molar-refractivity contribution in [1.29, 1.82) is 0 Å². The highest BCUT2D eigenvalue weighted by Crippen LogP contribution is 2.33. The third kappa shape index (κ3) is 3.87. The number of primary amides is 1. The highest BCUT2D eigenvalue weighted by atomic mass is 19.1. The molecule has 3 unspecified atom stereocenters. The second kappa shape index (κ2) is 6.93. The molecule has 4 nitrogen and oxygen atoms in total. The highest BCUT2D eigenvalue weighted by Gasteiger charge is 2.29. The Morgan fingerprint density at radius 3 is 3.00 bits per heavy atom. The predicted octanol–water partition coefficient (Wildman–Crippen LogP) is 2.21. The number of hydrogen-bond donors (Lipinski definition) is 2. The van der Waals surface area contributed by atoms with Crippen molar-refractivity contribution in [2.45, 2.75) is 44.2 Å². The molecular weight excluding hydrogens is 302 g/mol. The lowest BCUT2D eigenvalue weighted by atomic mass is 9.87. The molecular formula is C17H22F2N2O2. The normalized spacial score (nSPS) is 27.0. The Morgan fingerprint density at radius 2 is 2.22 bits per heavy atom. The van der Waals surface area contributed by atoms with Crippen LogP contribution in [0.2, 0.25) is 0 Å². The molecule has 3 rings (SSSR count). The van der Waals surface area contributed by atoms with Crippen LogP contribution in [0.15, 0.2) is 12.1 Å². The Morgan fingerprint density at radius 1 is 1.39 bits per heavy atom. The summed E-state index contributed by atoms with van der Waals surface area (Å²) in [5, 5.41) is 3.35. The molecule has 1 aromatic carbocycles. The number of fused-ring (bicyclic) bond motifs is 1.